The predicted molar refractivity (Wildman–Crippen MR) is 132 cm³/mol. The van der Waals surface area contributed by atoms with Crippen molar-refractivity contribution in [1.29, 1.82) is 0 Å². The summed E-state index contributed by atoms with van der Waals surface area (Å²) in [6, 6.07) is 0.0183. The predicted octanol–water partition coefficient (Wildman–Crippen LogP) is 2.13. The molecule has 0 aromatic carbocycles. The van der Waals surface area contributed by atoms with Gasteiger partial charge < -0.3 is 20.7 Å². The molecule has 2 atom stereocenters. The van der Waals surface area contributed by atoms with Crippen LogP contribution in [0.2, 0.25) is 0 Å². The van der Waals surface area contributed by atoms with E-state index in [9.17, 15) is 13.2 Å². The first-order chi connectivity index (χ1) is 13.4. The summed E-state index contributed by atoms with van der Waals surface area (Å²) < 4.78 is 30.1. The van der Waals surface area contributed by atoms with E-state index in [4.69, 9.17) is 4.74 Å². The van der Waals surface area contributed by atoms with Crippen LogP contribution < -0.4 is 16.0 Å². The zero-order valence-electron chi connectivity index (χ0n) is 19.2. The highest BCUT2D eigenvalue weighted by atomic mass is 127. The Morgan fingerprint density at radius 3 is 2.47 bits per heavy atom. The van der Waals surface area contributed by atoms with E-state index in [0.717, 1.165) is 25.7 Å². The van der Waals surface area contributed by atoms with Crippen LogP contribution in [-0.2, 0) is 14.8 Å². The summed E-state index contributed by atoms with van der Waals surface area (Å²) in [7, 11) is -1.43. The van der Waals surface area contributed by atoms with Crippen molar-refractivity contribution in [3.63, 3.8) is 0 Å². The van der Waals surface area contributed by atoms with Gasteiger partial charge in [0.25, 0.3) is 0 Å². The van der Waals surface area contributed by atoms with Crippen LogP contribution in [0.5, 0.6) is 0 Å². The van der Waals surface area contributed by atoms with Gasteiger partial charge in [0.2, 0.25) is 10.0 Å². The number of hydrogen-bond donors (Lipinski definition) is 3. The number of carbonyl (C=O) groups excluding carboxylic acids is 1. The van der Waals surface area contributed by atoms with E-state index >= 15 is 0 Å². The SMILES string of the molecule is CCCCC(CNC(=O)OC(C)(C)C)NC(=NC)NCC1CCN(S(C)(=O)=O)C1.I. The fourth-order valence-electron chi connectivity index (χ4n) is 3.09. The Labute approximate surface area is 199 Å². The van der Waals surface area contributed by atoms with Gasteiger partial charge in [-0.15, -0.1) is 24.0 Å². The summed E-state index contributed by atoms with van der Waals surface area (Å²) in [5.74, 6) is 0.896. The molecule has 178 valence electrons. The Morgan fingerprint density at radius 2 is 1.97 bits per heavy atom. The number of unbranched alkanes of at least 4 members (excludes halogenated alkanes) is 1. The Morgan fingerprint density at radius 1 is 1.30 bits per heavy atom. The number of hydrogen-bond acceptors (Lipinski definition) is 5. The normalized spacial score (nSPS) is 19.0. The Kier molecular flexibility index (Phi) is 13.2. The van der Waals surface area contributed by atoms with Crippen LogP contribution in [0.3, 0.4) is 0 Å². The maximum Gasteiger partial charge on any atom is 0.407 e. The Hall–Kier alpha value is -0.820. The second-order valence-corrected chi connectivity index (χ2v) is 10.6. The molecule has 0 radical (unpaired) electrons. The molecule has 0 spiro atoms. The molecule has 0 bridgehead atoms. The van der Waals surface area contributed by atoms with Crippen LogP contribution in [0.15, 0.2) is 4.99 Å². The van der Waals surface area contributed by atoms with E-state index in [1.807, 2.05) is 20.8 Å². The summed E-state index contributed by atoms with van der Waals surface area (Å²) in [6.45, 7) is 9.79. The number of sulfonamides is 1. The van der Waals surface area contributed by atoms with Crippen LogP contribution in [0.25, 0.3) is 0 Å². The van der Waals surface area contributed by atoms with Crippen molar-refractivity contribution in [1.82, 2.24) is 20.3 Å². The van der Waals surface area contributed by atoms with Crippen molar-refractivity contribution in [3.05, 3.63) is 0 Å². The molecule has 2 unspecified atom stereocenters. The number of aliphatic imine (C=N–C) groups is 1. The van der Waals surface area contributed by atoms with Crippen molar-refractivity contribution in [3.8, 4) is 0 Å². The molecule has 1 aliphatic heterocycles. The molecule has 11 heteroatoms. The summed E-state index contributed by atoms with van der Waals surface area (Å²) >= 11 is 0. The van der Waals surface area contributed by atoms with E-state index in [2.05, 4.69) is 27.9 Å². The zero-order valence-corrected chi connectivity index (χ0v) is 22.3. The van der Waals surface area contributed by atoms with Gasteiger partial charge >= 0.3 is 6.09 Å². The van der Waals surface area contributed by atoms with Crippen molar-refractivity contribution < 1.29 is 17.9 Å². The van der Waals surface area contributed by atoms with Gasteiger partial charge in [-0.3, -0.25) is 4.99 Å². The number of nitrogens with zero attached hydrogens (tertiary/aromatic N) is 2. The van der Waals surface area contributed by atoms with Gasteiger partial charge in [-0.25, -0.2) is 17.5 Å². The summed E-state index contributed by atoms with van der Waals surface area (Å²) in [4.78, 5) is 16.2. The van der Waals surface area contributed by atoms with E-state index < -0.39 is 21.7 Å². The maximum absolute atomic E-state index is 11.9. The maximum atomic E-state index is 11.9. The lowest BCUT2D eigenvalue weighted by Crippen LogP contribution is -2.49. The second kappa shape index (κ2) is 13.6. The average Bonchev–Trinajstić information content (AvgIpc) is 3.08. The van der Waals surface area contributed by atoms with Crippen LogP contribution in [0.4, 0.5) is 4.79 Å². The van der Waals surface area contributed by atoms with Crippen molar-refractivity contribution in [2.24, 2.45) is 10.9 Å². The van der Waals surface area contributed by atoms with Crippen LogP contribution in [0.1, 0.15) is 53.4 Å². The first-order valence-electron chi connectivity index (χ1n) is 10.3. The van der Waals surface area contributed by atoms with Gasteiger partial charge in [0, 0.05) is 39.3 Å². The van der Waals surface area contributed by atoms with E-state index in [1.165, 1.54) is 10.6 Å². The minimum atomic E-state index is -3.13. The average molecular weight is 562 g/mol. The smallest absolute Gasteiger partial charge is 0.407 e. The number of halogens is 1. The number of carbonyl (C=O) groups is 1. The number of amides is 1. The van der Waals surface area contributed by atoms with Gasteiger partial charge in [0.1, 0.15) is 5.60 Å². The lowest BCUT2D eigenvalue weighted by Gasteiger charge is -2.24. The zero-order chi connectivity index (χ0) is 22.1. The quantitative estimate of drug-likeness (QED) is 0.226. The highest BCUT2D eigenvalue weighted by Crippen LogP contribution is 2.17. The van der Waals surface area contributed by atoms with E-state index in [1.54, 1.807) is 7.05 Å². The first-order valence-corrected chi connectivity index (χ1v) is 12.2. The molecule has 1 fully saturated rings. The highest BCUT2D eigenvalue weighted by molar-refractivity contribution is 14.0. The van der Waals surface area contributed by atoms with E-state index in [0.29, 0.717) is 32.1 Å². The van der Waals surface area contributed by atoms with Gasteiger partial charge in [-0.05, 0) is 39.5 Å². The standard InChI is InChI=1S/C19H39N5O4S.HI/c1-7-8-9-16(13-22-18(25)28-19(2,3)4)23-17(20-5)21-12-15-10-11-24(14-15)29(6,26)27;/h15-16H,7-14H2,1-6H3,(H,22,25)(H2,20,21,23);1H. The van der Waals surface area contributed by atoms with Crippen molar-refractivity contribution in [2.45, 2.75) is 65.0 Å². The largest absolute Gasteiger partial charge is 0.444 e. The molecule has 1 aliphatic rings. The minimum absolute atomic E-state index is 0. The number of guanidine groups is 1. The molecule has 0 saturated carbocycles. The Bertz CT molecular complexity index is 652. The first kappa shape index (κ1) is 29.2. The molecule has 3 N–H and O–H groups in total. The number of nitrogens with one attached hydrogen (secondary N) is 3. The van der Waals surface area contributed by atoms with Crippen molar-refractivity contribution >= 4 is 46.1 Å². The molecule has 0 aromatic heterocycles. The molecule has 1 saturated heterocycles. The second-order valence-electron chi connectivity index (χ2n) is 8.60. The third-order valence-corrected chi connectivity index (χ3v) is 5.91. The molecule has 1 amide bonds. The molecular formula is C19H40IN5O4S. The molecular weight excluding hydrogens is 521 g/mol. The third-order valence-electron chi connectivity index (χ3n) is 4.64. The fraction of sp³-hybridized carbons (Fsp3) is 0.895. The van der Waals surface area contributed by atoms with Crippen LogP contribution in [0, 0.1) is 5.92 Å². The lowest BCUT2D eigenvalue weighted by atomic mass is 10.1. The summed E-state index contributed by atoms with van der Waals surface area (Å²) in [5, 5.41) is 9.47. The minimum Gasteiger partial charge on any atom is -0.444 e. The molecule has 9 nitrogen and oxygen atoms in total. The molecule has 0 aliphatic carbocycles. The van der Waals surface area contributed by atoms with Gasteiger partial charge in [-0.2, -0.15) is 0 Å². The van der Waals surface area contributed by atoms with Gasteiger partial charge in [0.05, 0.1) is 6.26 Å². The number of alkyl carbamates (subject to hydrolysis) is 1. The number of rotatable bonds is 9. The van der Waals surface area contributed by atoms with Crippen molar-refractivity contribution in [2.75, 3.05) is 39.5 Å². The summed E-state index contributed by atoms with van der Waals surface area (Å²) in [5.41, 5.74) is -0.533. The Balaban J connectivity index is 0.00000841. The molecule has 30 heavy (non-hydrogen) atoms. The summed E-state index contributed by atoms with van der Waals surface area (Å²) in [6.07, 6.45) is 4.61. The lowest BCUT2D eigenvalue weighted by molar-refractivity contribution is 0.0522. The van der Waals surface area contributed by atoms with Crippen LogP contribution in [-0.4, -0.2) is 75.9 Å². The number of ether oxygens (including phenoxy) is 1. The fourth-order valence-corrected chi connectivity index (χ4v) is 4.01. The topological polar surface area (TPSA) is 112 Å². The van der Waals surface area contributed by atoms with Gasteiger partial charge in [-0.1, -0.05) is 19.8 Å². The monoisotopic (exact) mass is 561 g/mol. The molecule has 1 rings (SSSR count). The highest BCUT2D eigenvalue weighted by Gasteiger charge is 2.28. The van der Waals surface area contributed by atoms with Gasteiger partial charge in [0.15, 0.2) is 5.96 Å². The third kappa shape index (κ3) is 12.1. The molecule has 1 heterocycles. The molecule has 0 aromatic rings. The van der Waals surface area contributed by atoms with Crippen LogP contribution >= 0.6 is 24.0 Å². The van der Waals surface area contributed by atoms with E-state index in [-0.39, 0.29) is 35.9 Å².